The highest BCUT2D eigenvalue weighted by atomic mass is 16.5. The van der Waals surface area contributed by atoms with E-state index in [9.17, 15) is 0 Å². The highest BCUT2D eigenvalue weighted by Crippen LogP contribution is 2.33. The van der Waals surface area contributed by atoms with Crippen LogP contribution < -0.4 is 14.2 Å². The van der Waals surface area contributed by atoms with E-state index in [4.69, 9.17) is 19.2 Å². The van der Waals surface area contributed by atoms with Crippen LogP contribution in [0, 0.1) is 6.92 Å². The van der Waals surface area contributed by atoms with Crippen LogP contribution in [0.5, 0.6) is 17.2 Å². The normalized spacial score (nSPS) is 10.9. The monoisotopic (exact) mass is 416 g/mol. The molecule has 0 N–H and O–H groups in total. The number of fused-ring (bicyclic) bond motifs is 1. The van der Waals surface area contributed by atoms with E-state index in [0.29, 0.717) is 18.1 Å². The van der Waals surface area contributed by atoms with Gasteiger partial charge in [-0.1, -0.05) is 30.3 Å². The van der Waals surface area contributed by atoms with Gasteiger partial charge in [-0.2, -0.15) is 0 Å². The molecule has 1 heterocycles. The van der Waals surface area contributed by atoms with Gasteiger partial charge in [-0.25, -0.2) is 4.98 Å². The van der Waals surface area contributed by atoms with Crippen LogP contribution in [0.25, 0.3) is 22.4 Å². The molecule has 0 spiro atoms. The number of unbranched alkanes of at least 4 members (excludes halogenated alkanes) is 1. The summed E-state index contributed by atoms with van der Waals surface area (Å²) < 4.78 is 19.1. The van der Waals surface area contributed by atoms with Crippen molar-refractivity contribution in [3.8, 4) is 28.6 Å². The van der Waals surface area contributed by atoms with Gasteiger partial charge >= 0.3 is 0 Å². The standard InChI is InChI=1S/C26H28N2O3/c1-19-10-4-7-13-23(19)31-17-9-8-16-28-22-12-6-5-11-21(22)27-26(28)20-14-15-24(29-2)25(18-20)30-3/h4-7,10-15,18H,8-9,16-17H2,1-3H3. The van der Waals surface area contributed by atoms with Crippen molar-refractivity contribution in [3.05, 3.63) is 72.3 Å². The molecule has 0 unspecified atom stereocenters. The van der Waals surface area contributed by atoms with Gasteiger partial charge in [0.25, 0.3) is 0 Å². The van der Waals surface area contributed by atoms with Crippen LogP contribution in [0.2, 0.25) is 0 Å². The minimum Gasteiger partial charge on any atom is -0.493 e. The van der Waals surface area contributed by atoms with Crippen LogP contribution in [0.1, 0.15) is 18.4 Å². The molecule has 0 aliphatic carbocycles. The van der Waals surface area contributed by atoms with E-state index >= 15 is 0 Å². The molecule has 0 amide bonds. The molecule has 0 saturated carbocycles. The van der Waals surface area contributed by atoms with Crippen molar-refractivity contribution in [3.63, 3.8) is 0 Å². The van der Waals surface area contributed by atoms with Gasteiger partial charge in [-0.3, -0.25) is 0 Å². The number of benzene rings is 3. The summed E-state index contributed by atoms with van der Waals surface area (Å²) in [5, 5.41) is 0. The molecule has 160 valence electrons. The molecule has 0 aliphatic heterocycles. The first kappa shape index (κ1) is 20.8. The van der Waals surface area contributed by atoms with E-state index < -0.39 is 0 Å². The van der Waals surface area contributed by atoms with Crippen LogP contribution in [0.4, 0.5) is 0 Å². The van der Waals surface area contributed by atoms with Crippen molar-refractivity contribution >= 4 is 11.0 Å². The summed E-state index contributed by atoms with van der Waals surface area (Å²) in [5.41, 5.74) is 4.29. The van der Waals surface area contributed by atoms with E-state index in [-0.39, 0.29) is 0 Å². The highest BCUT2D eigenvalue weighted by molar-refractivity contribution is 5.81. The maximum absolute atomic E-state index is 5.96. The van der Waals surface area contributed by atoms with Gasteiger partial charge in [-0.05, 0) is 61.7 Å². The van der Waals surface area contributed by atoms with E-state index in [0.717, 1.165) is 47.6 Å². The Bertz CT molecular complexity index is 1170. The Labute approximate surface area is 183 Å². The van der Waals surface area contributed by atoms with Gasteiger partial charge in [-0.15, -0.1) is 0 Å². The Kier molecular flexibility index (Phi) is 6.41. The van der Waals surface area contributed by atoms with Crippen LogP contribution >= 0.6 is 0 Å². The number of aromatic nitrogens is 2. The molecule has 0 bridgehead atoms. The average molecular weight is 417 g/mol. The number of hydrogen-bond donors (Lipinski definition) is 0. The van der Waals surface area contributed by atoms with Crippen molar-refractivity contribution in [1.29, 1.82) is 0 Å². The van der Waals surface area contributed by atoms with Gasteiger partial charge < -0.3 is 18.8 Å². The average Bonchev–Trinajstić information content (AvgIpc) is 3.18. The number of ether oxygens (including phenoxy) is 3. The largest absolute Gasteiger partial charge is 0.493 e. The van der Waals surface area contributed by atoms with Crippen molar-refractivity contribution in [1.82, 2.24) is 9.55 Å². The first-order chi connectivity index (χ1) is 15.2. The van der Waals surface area contributed by atoms with Gasteiger partial charge in [0.05, 0.1) is 31.9 Å². The molecule has 5 nitrogen and oxygen atoms in total. The SMILES string of the molecule is COc1ccc(-c2nc3ccccc3n2CCCCOc2ccccc2C)cc1OC. The molecule has 5 heteroatoms. The molecular weight excluding hydrogens is 388 g/mol. The van der Waals surface area contributed by atoms with Crippen LogP contribution in [-0.4, -0.2) is 30.4 Å². The van der Waals surface area contributed by atoms with Crippen molar-refractivity contribution in [2.45, 2.75) is 26.3 Å². The van der Waals surface area contributed by atoms with Gasteiger partial charge in [0.15, 0.2) is 11.5 Å². The first-order valence-electron chi connectivity index (χ1n) is 10.6. The molecule has 1 aromatic heterocycles. The molecule has 0 fully saturated rings. The third-order valence-corrected chi connectivity index (χ3v) is 5.42. The summed E-state index contributed by atoms with van der Waals surface area (Å²) >= 11 is 0. The second kappa shape index (κ2) is 9.56. The van der Waals surface area contributed by atoms with Gasteiger partial charge in [0, 0.05) is 12.1 Å². The topological polar surface area (TPSA) is 45.5 Å². The molecule has 4 aromatic rings. The Morgan fingerprint density at radius 1 is 0.806 bits per heavy atom. The Morgan fingerprint density at radius 3 is 2.39 bits per heavy atom. The summed E-state index contributed by atoms with van der Waals surface area (Å²) in [6, 6.07) is 22.3. The van der Waals surface area contributed by atoms with E-state index in [1.54, 1.807) is 14.2 Å². The van der Waals surface area contributed by atoms with E-state index in [1.165, 1.54) is 5.56 Å². The molecule has 0 aliphatic rings. The van der Waals surface area contributed by atoms with E-state index in [2.05, 4.69) is 35.8 Å². The maximum atomic E-state index is 5.96. The zero-order valence-corrected chi connectivity index (χ0v) is 18.3. The fourth-order valence-electron chi connectivity index (χ4n) is 3.77. The lowest BCUT2D eigenvalue weighted by molar-refractivity contribution is 0.302. The minimum atomic E-state index is 0.698. The van der Waals surface area contributed by atoms with Crippen molar-refractivity contribution in [2.24, 2.45) is 0 Å². The molecular formula is C26H28N2O3. The quantitative estimate of drug-likeness (QED) is 0.319. The minimum absolute atomic E-state index is 0.698. The molecule has 4 rings (SSSR count). The van der Waals surface area contributed by atoms with E-state index in [1.807, 2.05) is 42.5 Å². The summed E-state index contributed by atoms with van der Waals surface area (Å²) in [7, 11) is 3.30. The summed E-state index contributed by atoms with van der Waals surface area (Å²) in [5.74, 6) is 3.30. The lowest BCUT2D eigenvalue weighted by Crippen LogP contribution is -2.04. The zero-order valence-electron chi connectivity index (χ0n) is 18.3. The number of aryl methyl sites for hydroxylation is 2. The maximum Gasteiger partial charge on any atom is 0.161 e. The smallest absolute Gasteiger partial charge is 0.161 e. The second-order valence-corrected chi connectivity index (χ2v) is 7.47. The predicted octanol–water partition coefficient (Wildman–Crippen LogP) is 5.89. The Balaban J connectivity index is 1.52. The van der Waals surface area contributed by atoms with Crippen LogP contribution in [0.3, 0.4) is 0 Å². The number of hydrogen-bond acceptors (Lipinski definition) is 4. The summed E-state index contributed by atoms with van der Waals surface area (Å²) in [4.78, 5) is 4.91. The lowest BCUT2D eigenvalue weighted by atomic mass is 10.2. The lowest BCUT2D eigenvalue weighted by Gasteiger charge is -2.13. The van der Waals surface area contributed by atoms with Crippen LogP contribution in [-0.2, 0) is 6.54 Å². The molecule has 0 radical (unpaired) electrons. The number of rotatable bonds is 9. The van der Waals surface area contributed by atoms with Gasteiger partial charge in [0.2, 0.25) is 0 Å². The second-order valence-electron chi connectivity index (χ2n) is 7.47. The molecule has 3 aromatic carbocycles. The third-order valence-electron chi connectivity index (χ3n) is 5.42. The fraction of sp³-hybridized carbons (Fsp3) is 0.269. The predicted molar refractivity (Wildman–Crippen MR) is 124 cm³/mol. The number of methoxy groups -OCH3 is 2. The Morgan fingerprint density at radius 2 is 1.58 bits per heavy atom. The molecule has 0 atom stereocenters. The number of nitrogens with zero attached hydrogens (tertiary/aromatic N) is 2. The first-order valence-corrected chi connectivity index (χ1v) is 10.6. The van der Waals surface area contributed by atoms with Crippen molar-refractivity contribution < 1.29 is 14.2 Å². The highest BCUT2D eigenvalue weighted by Gasteiger charge is 2.14. The van der Waals surface area contributed by atoms with Crippen LogP contribution in [0.15, 0.2) is 66.7 Å². The summed E-state index contributed by atoms with van der Waals surface area (Å²) in [6.07, 6.45) is 1.96. The fourth-order valence-corrected chi connectivity index (χ4v) is 3.77. The molecule has 0 saturated heterocycles. The van der Waals surface area contributed by atoms with Crippen molar-refractivity contribution in [2.75, 3.05) is 20.8 Å². The number of imidazole rings is 1. The number of para-hydroxylation sites is 3. The van der Waals surface area contributed by atoms with Gasteiger partial charge in [0.1, 0.15) is 11.6 Å². The molecule has 31 heavy (non-hydrogen) atoms. The Hall–Kier alpha value is -3.47. The zero-order chi connectivity index (χ0) is 21.6. The third kappa shape index (κ3) is 4.50. The summed E-state index contributed by atoms with van der Waals surface area (Å²) in [6.45, 7) is 3.63.